The van der Waals surface area contributed by atoms with E-state index in [-0.39, 0.29) is 10.8 Å². The van der Waals surface area contributed by atoms with Crippen molar-refractivity contribution >= 4 is 23.6 Å². The molecular weight excluding hydrogens is 324 g/mol. The molecule has 1 heterocycles. The quantitative estimate of drug-likeness (QED) is 0.516. The third kappa shape index (κ3) is 2.25. The molecule has 1 aliphatic heterocycles. The van der Waals surface area contributed by atoms with E-state index in [4.69, 9.17) is 26.1 Å². The van der Waals surface area contributed by atoms with Gasteiger partial charge in [-0.15, -0.1) is 0 Å². The highest BCUT2D eigenvalue weighted by molar-refractivity contribution is 6.33. The number of aromatic hydroxyl groups is 1. The minimum Gasteiger partial charge on any atom is -0.506 e. The van der Waals surface area contributed by atoms with Crippen LogP contribution in [0.5, 0.6) is 5.75 Å². The summed E-state index contributed by atoms with van der Waals surface area (Å²) in [6.07, 6.45) is 5.23. The summed E-state index contributed by atoms with van der Waals surface area (Å²) in [6.45, 7) is 0. The number of hydrogen-bond acceptors (Lipinski definition) is 6. The van der Waals surface area contributed by atoms with Crippen LogP contribution >= 0.6 is 11.6 Å². The summed E-state index contributed by atoms with van der Waals surface area (Å²) in [5, 5.41) is 10.4. The van der Waals surface area contributed by atoms with Gasteiger partial charge < -0.3 is 14.6 Å². The number of esters is 1. The van der Waals surface area contributed by atoms with Crippen LogP contribution in [0.25, 0.3) is 6.08 Å². The lowest BCUT2D eigenvalue weighted by molar-refractivity contribution is -0.631. The number of rotatable bonds is 4. The fourth-order valence-electron chi connectivity index (χ4n) is 2.96. The molecule has 1 aromatic rings. The summed E-state index contributed by atoms with van der Waals surface area (Å²) >= 11 is 6.32. The molecule has 0 aromatic heterocycles. The van der Waals surface area contributed by atoms with E-state index in [0.29, 0.717) is 11.1 Å². The first-order valence-electron chi connectivity index (χ1n) is 7.19. The number of benzene rings is 1. The van der Waals surface area contributed by atoms with Gasteiger partial charge in [-0.2, -0.15) is 4.89 Å². The second kappa shape index (κ2) is 5.79. The fraction of sp³-hybridized carbons (Fsp3) is 0.438. The molecule has 1 unspecified atom stereocenters. The van der Waals surface area contributed by atoms with Gasteiger partial charge in [0.25, 0.3) is 5.79 Å². The van der Waals surface area contributed by atoms with Gasteiger partial charge in [0, 0.05) is 24.3 Å². The van der Waals surface area contributed by atoms with Crippen LogP contribution in [0.2, 0.25) is 5.02 Å². The van der Waals surface area contributed by atoms with Gasteiger partial charge in [-0.3, -0.25) is 0 Å². The number of phenolic OH excluding ortho intramolecular Hbond substituents is 1. The highest BCUT2D eigenvalue weighted by Crippen LogP contribution is 2.60. The topological polar surface area (TPSA) is 74.2 Å². The Morgan fingerprint density at radius 3 is 2.57 bits per heavy atom. The van der Waals surface area contributed by atoms with Gasteiger partial charge in [-0.05, 0) is 25.3 Å². The molecule has 1 aromatic carbocycles. The second-order valence-corrected chi connectivity index (χ2v) is 5.93. The average Bonchev–Trinajstić information content (AvgIpc) is 2.48. The van der Waals surface area contributed by atoms with E-state index in [2.05, 4.69) is 4.74 Å². The average molecular weight is 341 g/mol. The van der Waals surface area contributed by atoms with E-state index in [9.17, 15) is 9.90 Å². The van der Waals surface area contributed by atoms with Crippen molar-refractivity contribution in [3.63, 3.8) is 0 Å². The Kier molecular flexibility index (Phi) is 4.10. The Hall–Kier alpha value is -1.60. The molecule has 0 radical (unpaired) electrons. The van der Waals surface area contributed by atoms with E-state index < -0.39 is 17.4 Å². The molecule has 124 valence electrons. The summed E-state index contributed by atoms with van der Waals surface area (Å²) in [6, 6.07) is 3.33. The fourth-order valence-corrected chi connectivity index (χ4v) is 3.26. The summed E-state index contributed by atoms with van der Waals surface area (Å²) in [5.74, 6) is -1.81. The Morgan fingerprint density at radius 1 is 1.35 bits per heavy atom. The van der Waals surface area contributed by atoms with Crippen molar-refractivity contribution in [2.45, 2.75) is 30.7 Å². The molecule has 1 atom stereocenters. The molecule has 1 saturated carbocycles. The first kappa shape index (κ1) is 16.3. The summed E-state index contributed by atoms with van der Waals surface area (Å²) < 4.78 is 10.1. The molecule has 1 aliphatic carbocycles. The predicted octanol–water partition coefficient (Wildman–Crippen LogP) is 2.92. The van der Waals surface area contributed by atoms with Crippen molar-refractivity contribution in [3.8, 4) is 5.75 Å². The molecule has 2 fully saturated rings. The van der Waals surface area contributed by atoms with Gasteiger partial charge in [-0.1, -0.05) is 23.7 Å². The number of carbonyl (C=O) groups is 1. The van der Waals surface area contributed by atoms with Crippen molar-refractivity contribution in [2.24, 2.45) is 0 Å². The molecule has 1 N–H and O–H groups in total. The van der Waals surface area contributed by atoms with Crippen LogP contribution in [0, 0.1) is 0 Å². The lowest BCUT2D eigenvalue weighted by Gasteiger charge is -2.59. The number of hydrogen-bond donors (Lipinski definition) is 1. The molecule has 2 aliphatic rings. The first-order chi connectivity index (χ1) is 11.0. The van der Waals surface area contributed by atoms with Crippen LogP contribution in [-0.2, 0) is 29.8 Å². The van der Waals surface area contributed by atoms with E-state index in [0.717, 1.165) is 19.3 Å². The van der Waals surface area contributed by atoms with Crippen molar-refractivity contribution in [3.05, 3.63) is 34.4 Å². The van der Waals surface area contributed by atoms with Gasteiger partial charge in [0.15, 0.2) is 5.60 Å². The van der Waals surface area contributed by atoms with Gasteiger partial charge in [0.2, 0.25) is 0 Å². The van der Waals surface area contributed by atoms with Crippen molar-refractivity contribution < 1.29 is 29.1 Å². The van der Waals surface area contributed by atoms with E-state index in [1.165, 1.54) is 26.4 Å². The smallest absolute Gasteiger partial charge is 0.330 e. The first-order valence-corrected chi connectivity index (χ1v) is 7.57. The standard InChI is InChI=1S/C16H17ClO6/c1-20-12(18)7-5-10-4-6-11(13(17)14(10)19)16(21-2)15(22-23-16)8-3-9-15/h4-7,19H,3,8-9H2,1-2H3/b7-5+. The van der Waals surface area contributed by atoms with E-state index in [1.807, 2.05) is 0 Å². The summed E-state index contributed by atoms with van der Waals surface area (Å²) in [4.78, 5) is 21.7. The van der Waals surface area contributed by atoms with Crippen molar-refractivity contribution in [1.82, 2.24) is 0 Å². The third-order valence-electron chi connectivity index (χ3n) is 4.47. The number of carbonyl (C=O) groups excluding carboxylic acids is 1. The minimum absolute atomic E-state index is 0.105. The van der Waals surface area contributed by atoms with Gasteiger partial charge in [0.05, 0.1) is 12.1 Å². The maximum absolute atomic E-state index is 11.2. The molecule has 6 nitrogen and oxygen atoms in total. The zero-order chi connectivity index (χ0) is 16.7. The van der Waals surface area contributed by atoms with Crippen LogP contribution in [0.1, 0.15) is 30.4 Å². The Bertz CT molecular complexity index is 657. The molecule has 0 bridgehead atoms. The second-order valence-electron chi connectivity index (χ2n) is 5.56. The number of phenols is 1. The minimum atomic E-state index is -1.12. The Balaban J connectivity index is 1.97. The largest absolute Gasteiger partial charge is 0.506 e. The van der Waals surface area contributed by atoms with Crippen LogP contribution in [0.4, 0.5) is 0 Å². The zero-order valence-corrected chi connectivity index (χ0v) is 13.6. The zero-order valence-electron chi connectivity index (χ0n) is 12.8. The molecule has 1 saturated heterocycles. The third-order valence-corrected chi connectivity index (χ3v) is 4.85. The predicted molar refractivity (Wildman–Crippen MR) is 81.6 cm³/mol. The highest BCUT2D eigenvalue weighted by atomic mass is 35.5. The molecule has 0 amide bonds. The Morgan fingerprint density at radius 2 is 2.09 bits per heavy atom. The van der Waals surface area contributed by atoms with Gasteiger partial charge in [-0.25, -0.2) is 9.68 Å². The molecule has 3 rings (SSSR count). The Labute approximate surface area is 138 Å². The molecular formula is C16H17ClO6. The SMILES string of the molecule is COC(=O)/C=C/c1ccc(C2(OC)OOC23CCC3)c(Cl)c1O. The maximum Gasteiger partial charge on any atom is 0.330 e. The molecule has 23 heavy (non-hydrogen) atoms. The van der Waals surface area contributed by atoms with E-state index >= 15 is 0 Å². The van der Waals surface area contributed by atoms with Crippen LogP contribution in [-0.4, -0.2) is 30.9 Å². The number of ether oxygens (including phenoxy) is 2. The lowest BCUT2D eigenvalue weighted by atomic mass is 9.70. The summed E-state index contributed by atoms with van der Waals surface area (Å²) in [7, 11) is 2.79. The van der Waals surface area contributed by atoms with Gasteiger partial charge >= 0.3 is 5.97 Å². The van der Waals surface area contributed by atoms with Crippen LogP contribution in [0.15, 0.2) is 18.2 Å². The number of methoxy groups -OCH3 is 2. The van der Waals surface area contributed by atoms with Crippen molar-refractivity contribution in [1.29, 1.82) is 0 Å². The monoisotopic (exact) mass is 340 g/mol. The molecule has 1 spiro atoms. The van der Waals surface area contributed by atoms with Crippen molar-refractivity contribution in [2.75, 3.05) is 14.2 Å². The molecule has 7 heteroatoms. The van der Waals surface area contributed by atoms with Crippen LogP contribution < -0.4 is 0 Å². The van der Waals surface area contributed by atoms with Crippen LogP contribution in [0.3, 0.4) is 0 Å². The maximum atomic E-state index is 11.2. The van der Waals surface area contributed by atoms with E-state index in [1.54, 1.807) is 12.1 Å². The number of halogens is 1. The van der Waals surface area contributed by atoms with Gasteiger partial charge in [0.1, 0.15) is 5.75 Å². The summed E-state index contributed by atoms with van der Waals surface area (Å²) in [5.41, 5.74) is 0.333. The normalized spacial score (nSPS) is 25.2. The highest BCUT2D eigenvalue weighted by Gasteiger charge is 2.69. The lowest BCUT2D eigenvalue weighted by Crippen LogP contribution is -2.69.